The molecule has 0 saturated carbocycles. The van der Waals surface area contributed by atoms with Gasteiger partial charge < -0.3 is 10.1 Å². The first-order chi connectivity index (χ1) is 12.6. The second-order valence-corrected chi connectivity index (χ2v) is 7.26. The Labute approximate surface area is 159 Å². The SMILES string of the molecule is N#Cc1c(NC(=O)COC(=O)/C=C/c2ccc(Cl)cc2)sc2c1CCC2. The van der Waals surface area contributed by atoms with Crippen LogP contribution in [0, 0.1) is 11.3 Å². The van der Waals surface area contributed by atoms with Crippen molar-refractivity contribution in [2.45, 2.75) is 19.3 Å². The molecule has 5 nitrogen and oxygen atoms in total. The van der Waals surface area contributed by atoms with Gasteiger partial charge in [-0.1, -0.05) is 23.7 Å². The van der Waals surface area contributed by atoms with Crippen LogP contribution in [0.4, 0.5) is 5.00 Å². The van der Waals surface area contributed by atoms with Crippen molar-refractivity contribution in [3.63, 3.8) is 0 Å². The molecule has 0 atom stereocenters. The van der Waals surface area contributed by atoms with Crippen molar-refractivity contribution >= 4 is 45.9 Å². The van der Waals surface area contributed by atoms with Gasteiger partial charge in [-0.15, -0.1) is 11.3 Å². The molecule has 0 bridgehead atoms. The summed E-state index contributed by atoms with van der Waals surface area (Å²) in [5.74, 6) is -1.08. The maximum atomic E-state index is 12.0. The second-order valence-electron chi connectivity index (χ2n) is 5.71. The number of hydrogen-bond acceptors (Lipinski definition) is 5. The summed E-state index contributed by atoms with van der Waals surface area (Å²) < 4.78 is 4.93. The highest BCUT2D eigenvalue weighted by atomic mass is 35.5. The lowest BCUT2D eigenvalue weighted by Gasteiger charge is -2.04. The van der Waals surface area contributed by atoms with Crippen molar-refractivity contribution in [1.29, 1.82) is 5.26 Å². The van der Waals surface area contributed by atoms with E-state index < -0.39 is 18.5 Å². The Morgan fingerprint density at radius 2 is 2.08 bits per heavy atom. The van der Waals surface area contributed by atoms with Crippen LogP contribution in [0.1, 0.15) is 28.0 Å². The molecular weight excluding hydrogens is 372 g/mol. The molecule has 0 aliphatic heterocycles. The highest BCUT2D eigenvalue weighted by Crippen LogP contribution is 2.38. The molecule has 1 aliphatic rings. The minimum absolute atomic E-state index is 0.406. The van der Waals surface area contributed by atoms with Gasteiger partial charge in [0.05, 0.1) is 5.56 Å². The predicted molar refractivity (Wildman–Crippen MR) is 101 cm³/mol. The number of ether oxygens (including phenoxy) is 1. The zero-order chi connectivity index (χ0) is 18.5. The number of anilines is 1. The highest BCUT2D eigenvalue weighted by Gasteiger charge is 2.23. The van der Waals surface area contributed by atoms with E-state index in [0.717, 1.165) is 35.3 Å². The quantitative estimate of drug-likeness (QED) is 0.623. The monoisotopic (exact) mass is 386 g/mol. The molecule has 2 aromatic rings. The predicted octanol–water partition coefficient (Wildman–Crippen LogP) is 3.96. The van der Waals surface area contributed by atoms with E-state index in [-0.39, 0.29) is 0 Å². The Balaban J connectivity index is 1.52. The van der Waals surface area contributed by atoms with Crippen LogP contribution < -0.4 is 5.32 Å². The fraction of sp³-hybridized carbons (Fsp3) is 0.211. The molecular formula is C19H15ClN2O3S. The third-order valence-corrected chi connectivity index (χ3v) is 5.37. The van der Waals surface area contributed by atoms with Crippen LogP contribution >= 0.6 is 22.9 Å². The molecule has 1 aromatic heterocycles. The van der Waals surface area contributed by atoms with Gasteiger partial charge in [0.1, 0.15) is 11.1 Å². The van der Waals surface area contributed by atoms with Crippen molar-refractivity contribution in [2.24, 2.45) is 0 Å². The van der Waals surface area contributed by atoms with E-state index in [9.17, 15) is 14.9 Å². The zero-order valence-corrected chi connectivity index (χ0v) is 15.3. The van der Waals surface area contributed by atoms with Crippen molar-refractivity contribution < 1.29 is 14.3 Å². The number of rotatable bonds is 5. The summed E-state index contributed by atoms with van der Waals surface area (Å²) in [6, 6.07) is 9.11. The molecule has 1 aromatic carbocycles. The number of nitriles is 1. The molecule has 7 heteroatoms. The molecule has 3 rings (SSSR count). The van der Waals surface area contributed by atoms with Gasteiger partial charge in [-0.25, -0.2) is 4.79 Å². The van der Waals surface area contributed by atoms with E-state index in [0.29, 0.717) is 15.6 Å². The smallest absolute Gasteiger partial charge is 0.331 e. The van der Waals surface area contributed by atoms with E-state index in [1.54, 1.807) is 30.3 Å². The van der Waals surface area contributed by atoms with E-state index >= 15 is 0 Å². The number of esters is 1. The van der Waals surface area contributed by atoms with E-state index in [1.165, 1.54) is 17.4 Å². The number of fused-ring (bicyclic) bond motifs is 1. The Morgan fingerprint density at radius 3 is 2.81 bits per heavy atom. The lowest BCUT2D eigenvalue weighted by molar-refractivity contribution is -0.142. The van der Waals surface area contributed by atoms with Crippen LogP contribution in [0.15, 0.2) is 30.3 Å². The molecule has 1 heterocycles. The number of nitrogens with one attached hydrogen (secondary N) is 1. The van der Waals surface area contributed by atoms with Gasteiger partial charge >= 0.3 is 5.97 Å². The number of halogens is 1. The van der Waals surface area contributed by atoms with Gasteiger partial charge in [-0.3, -0.25) is 4.79 Å². The largest absolute Gasteiger partial charge is 0.452 e. The third-order valence-electron chi connectivity index (χ3n) is 3.91. The van der Waals surface area contributed by atoms with Gasteiger partial charge in [0.2, 0.25) is 0 Å². The summed E-state index contributed by atoms with van der Waals surface area (Å²) in [6.45, 7) is -0.406. The Bertz CT molecular complexity index is 910. The molecule has 1 aliphatic carbocycles. The molecule has 1 amide bonds. The summed E-state index contributed by atoms with van der Waals surface area (Å²) in [5, 5.41) is 13.1. The first kappa shape index (κ1) is 18.2. The summed E-state index contributed by atoms with van der Waals surface area (Å²) in [5.41, 5.74) is 2.36. The summed E-state index contributed by atoms with van der Waals surface area (Å²) >= 11 is 7.22. The van der Waals surface area contributed by atoms with E-state index in [2.05, 4.69) is 11.4 Å². The molecule has 26 heavy (non-hydrogen) atoms. The van der Waals surface area contributed by atoms with Gasteiger partial charge in [0.25, 0.3) is 5.91 Å². The van der Waals surface area contributed by atoms with Crippen LogP contribution in [-0.4, -0.2) is 18.5 Å². The highest BCUT2D eigenvalue weighted by molar-refractivity contribution is 7.16. The average molecular weight is 387 g/mol. The van der Waals surface area contributed by atoms with Crippen LogP contribution in [0.2, 0.25) is 5.02 Å². The minimum Gasteiger partial charge on any atom is -0.452 e. The lowest BCUT2D eigenvalue weighted by atomic mass is 10.1. The third kappa shape index (κ3) is 4.31. The summed E-state index contributed by atoms with van der Waals surface area (Å²) in [4.78, 5) is 24.9. The van der Waals surface area contributed by atoms with Crippen LogP contribution in [-0.2, 0) is 27.2 Å². The molecule has 0 saturated heterocycles. The number of aryl methyl sites for hydroxylation is 1. The summed E-state index contributed by atoms with van der Waals surface area (Å²) in [7, 11) is 0. The van der Waals surface area contributed by atoms with Crippen molar-refractivity contribution in [2.75, 3.05) is 11.9 Å². The molecule has 0 spiro atoms. The standard InChI is InChI=1S/C19H15ClN2O3S/c20-13-7-4-12(5-8-13)6-9-18(24)25-11-17(23)22-19-15(10-21)14-2-1-3-16(14)26-19/h4-9H,1-3,11H2,(H,22,23)/b9-6+. The van der Waals surface area contributed by atoms with Crippen molar-refractivity contribution in [3.8, 4) is 6.07 Å². The summed E-state index contributed by atoms with van der Waals surface area (Å²) in [6.07, 6.45) is 5.68. The molecule has 0 fully saturated rings. The lowest BCUT2D eigenvalue weighted by Crippen LogP contribution is -2.20. The van der Waals surface area contributed by atoms with Gasteiger partial charge in [0, 0.05) is 16.0 Å². The fourth-order valence-corrected chi connectivity index (χ4v) is 4.08. The normalized spacial score (nSPS) is 12.6. The molecule has 0 unspecified atom stereocenters. The molecule has 0 radical (unpaired) electrons. The molecule has 132 valence electrons. The first-order valence-corrected chi connectivity index (χ1v) is 9.21. The maximum Gasteiger partial charge on any atom is 0.331 e. The van der Waals surface area contributed by atoms with Gasteiger partial charge in [-0.05, 0) is 48.6 Å². The first-order valence-electron chi connectivity index (χ1n) is 8.01. The topological polar surface area (TPSA) is 79.2 Å². The number of benzene rings is 1. The van der Waals surface area contributed by atoms with Crippen LogP contribution in [0.3, 0.4) is 0 Å². The number of hydrogen-bond donors (Lipinski definition) is 1. The maximum absolute atomic E-state index is 12.0. The number of amides is 1. The zero-order valence-electron chi connectivity index (χ0n) is 13.8. The Morgan fingerprint density at radius 1 is 1.31 bits per heavy atom. The van der Waals surface area contributed by atoms with Crippen LogP contribution in [0.5, 0.6) is 0 Å². The minimum atomic E-state index is -0.621. The van der Waals surface area contributed by atoms with Crippen molar-refractivity contribution in [3.05, 3.63) is 56.9 Å². The van der Waals surface area contributed by atoms with Gasteiger partial charge in [-0.2, -0.15) is 5.26 Å². The Hall–Kier alpha value is -2.62. The number of carbonyl (C=O) groups is 2. The second kappa shape index (κ2) is 8.17. The Kier molecular flexibility index (Phi) is 5.71. The van der Waals surface area contributed by atoms with Gasteiger partial charge in [0.15, 0.2) is 6.61 Å². The van der Waals surface area contributed by atoms with Crippen LogP contribution in [0.25, 0.3) is 6.08 Å². The van der Waals surface area contributed by atoms with E-state index in [4.69, 9.17) is 16.3 Å². The average Bonchev–Trinajstić information content (AvgIpc) is 3.20. The number of nitrogens with zero attached hydrogens (tertiary/aromatic N) is 1. The molecule has 1 N–H and O–H groups in total. The fourth-order valence-electron chi connectivity index (χ4n) is 2.70. The number of carbonyl (C=O) groups excluding carboxylic acids is 2. The van der Waals surface area contributed by atoms with E-state index in [1.807, 2.05) is 0 Å². The number of thiophene rings is 1. The van der Waals surface area contributed by atoms with Crippen molar-refractivity contribution in [1.82, 2.24) is 0 Å².